The highest BCUT2D eigenvalue weighted by Crippen LogP contribution is 2.38. The first-order chi connectivity index (χ1) is 9.14. The van der Waals surface area contributed by atoms with Gasteiger partial charge in [0.2, 0.25) is 0 Å². The van der Waals surface area contributed by atoms with E-state index < -0.39 is 8.32 Å². The Bertz CT molecular complexity index is 265. The van der Waals surface area contributed by atoms with Crippen LogP contribution in [0, 0.1) is 5.92 Å². The summed E-state index contributed by atoms with van der Waals surface area (Å²) in [6, 6.07) is 0. The van der Waals surface area contributed by atoms with Gasteiger partial charge in [0, 0.05) is 6.10 Å². The van der Waals surface area contributed by atoms with Gasteiger partial charge in [0.15, 0.2) is 8.32 Å². The molecular formula is C18H38OSi. The van der Waals surface area contributed by atoms with E-state index in [1.54, 1.807) is 0 Å². The largest absolute Gasteiger partial charge is 0.414 e. The Hall–Kier alpha value is -0.0831. The zero-order valence-electron chi connectivity index (χ0n) is 15.1. The lowest BCUT2D eigenvalue weighted by atomic mass is 10.00. The van der Waals surface area contributed by atoms with Crippen molar-refractivity contribution in [2.75, 3.05) is 0 Å². The molecule has 20 heavy (non-hydrogen) atoms. The van der Waals surface area contributed by atoms with Gasteiger partial charge in [0.05, 0.1) is 0 Å². The van der Waals surface area contributed by atoms with Crippen molar-refractivity contribution in [3.05, 3.63) is 12.7 Å². The fourth-order valence-corrected chi connectivity index (χ4v) is 3.47. The monoisotopic (exact) mass is 298 g/mol. The van der Waals surface area contributed by atoms with Gasteiger partial charge in [-0.3, -0.25) is 0 Å². The van der Waals surface area contributed by atoms with Crippen LogP contribution in [0.2, 0.25) is 18.1 Å². The lowest BCUT2D eigenvalue weighted by molar-refractivity contribution is 0.152. The maximum Gasteiger partial charge on any atom is 0.192 e. The van der Waals surface area contributed by atoms with Crippen LogP contribution in [0.3, 0.4) is 0 Å². The second kappa shape index (κ2) is 9.04. The van der Waals surface area contributed by atoms with E-state index in [-0.39, 0.29) is 0 Å². The number of allylic oxidation sites excluding steroid dienone is 1. The Labute approximate surface area is 129 Å². The van der Waals surface area contributed by atoms with Gasteiger partial charge in [0.25, 0.3) is 0 Å². The van der Waals surface area contributed by atoms with E-state index in [1.165, 1.54) is 38.5 Å². The molecule has 0 saturated heterocycles. The zero-order chi connectivity index (χ0) is 15.8. The second-order valence-corrected chi connectivity index (χ2v) is 12.5. The van der Waals surface area contributed by atoms with E-state index in [2.05, 4.69) is 60.4 Å². The van der Waals surface area contributed by atoms with Gasteiger partial charge in [-0.2, -0.15) is 0 Å². The number of hydrogen-bond donors (Lipinski definition) is 0. The van der Waals surface area contributed by atoms with Gasteiger partial charge in [-0.15, -0.1) is 6.58 Å². The molecule has 0 heterocycles. The van der Waals surface area contributed by atoms with E-state index in [1.807, 2.05) is 0 Å². The van der Waals surface area contributed by atoms with Gasteiger partial charge in [-0.25, -0.2) is 0 Å². The summed E-state index contributed by atoms with van der Waals surface area (Å²) in [5.41, 5.74) is 0. The molecule has 0 aromatic carbocycles. The van der Waals surface area contributed by atoms with Gasteiger partial charge < -0.3 is 4.43 Å². The van der Waals surface area contributed by atoms with Gasteiger partial charge in [-0.05, 0) is 43.3 Å². The molecular weight excluding hydrogens is 260 g/mol. The molecule has 0 aliphatic carbocycles. The molecule has 2 heteroatoms. The van der Waals surface area contributed by atoms with Crippen LogP contribution in [0.1, 0.15) is 73.1 Å². The normalized spacial score (nSPS) is 15.9. The molecule has 0 aliphatic heterocycles. The topological polar surface area (TPSA) is 9.23 Å². The van der Waals surface area contributed by atoms with Crippen molar-refractivity contribution in [2.24, 2.45) is 5.92 Å². The van der Waals surface area contributed by atoms with E-state index >= 15 is 0 Å². The number of hydrogen-bond acceptors (Lipinski definition) is 1. The van der Waals surface area contributed by atoms with Gasteiger partial charge in [0.1, 0.15) is 0 Å². The molecule has 1 nitrogen and oxygen atoms in total. The summed E-state index contributed by atoms with van der Waals surface area (Å²) in [5, 5.41) is 0.306. The standard InChI is InChI=1S/C18H38OSi/c1-9-11-12-13-17(15-14-16(3)10-2)19-20(7,8)18(4,5)6/h10,16-17H,2,9,11-15H2,1,3-8H3/t16-,17-/m1/s1. The van der Waals surface area contributed by atoms with Crippen molar-refractivity contribution in [3.8, 4) is 0 Å². The Morgan fingerprint density at radius 1 is 1.10 bits per heavy atom. The summed E-state index contributed by atoms with van der Waals surface area (Å²) >= 11 is 0. The molecule has 120 valence electrons. The van der Waals surface area contributed by atoms with Crippen LogP contribution in [-0.2, 0) is 4.43 Å². The Balaban J connectivity index is 4.54. The van der Waals surface area contributed by atoms with E-state index in [0.29, 0.717) is 17.1 Å². The van der Waals surface area contributed by atoms with Crippen LogP contribution in [-0.4, -0.2) is 14.4 Å². The summed E-state index contributed by atoms with van der Waals surface area (Å²) in [7, 11) is -1.64. The van der Waals surface area contributed by atoms with Crippen molar-refractivity contribution >= 4 is 8.32 Å². The van der Waals surface area contributed by atoms with Crippen molar-refractivity contribution in [2.45, 2.75) is 97.4 Å². The Morgan fingerprint density at radius 2 is 1.70 bits per heavy atom. The van der Waals surface area contributed by atoms with Crippen molar-refractivity contribution in [1.29, 1.82) is 0 Å². The molecule has 0 spiro atoms. The number of unbranched alkanes of at least 4 members (excludes halogenated alkanes) is 2. The first-order valence-electron chi connectivity index (χ1n) is 8.44. The first kappa shape index (κ1) is 19.9. The minimum absolute atomic E-state index is 0.306. The molecule has 0 aliphatic rings. The molecule has 0 aromatic rings. The van der Waals surface area contributed by atoms with Gasteiger partial charge >= 0.3 is 0 Å². The highest BCUT2D eigenvalue weighted by molar-refractivity contribution is 6.74. The van der Waals surface area contributed by atoms with Crippen LogP contribution >= 0.6 is 0 Å². The van der Waals surface area contributed by atoms with Crippen molar-refractivity contribution in [3.63, 3.8) is 0 Å². The minimum Gasteiger partial charge on any atom is -0.414 e. The molecule has 0 saturated carbocycles. The van der Waals surface area contributed by atoms with E-state index in [9.17, 15) is 0 Å². The Morgan fingerprint density at radius 3 is 2.15 bits per heavy atom. The summed E-state index contributed by atoms with van der Waals surface area (Å²) in [6.45, 7) is 20.1. The maximum atomic E-state index is 6.65. The molecule has 0 rings (SSSR count). The SMILES string of the molecule is C=C[C@@H](C)CC[C@@H](CCCCC)O[Si](C)(C)C(C)(C)C. The lowest BCUT2D eigenvalue weighted by Gasteiger charge is -2.39. The predicted octanol–water partition coefficient (Wildman–Crippen LogP) is 6.56. The Kier molecular flexibility index (Phi) is 9.00. The van der Waals surface area contributed by atoms with E-state index in [4.69, 9.17) is 4.43 Å². The molecule has 0 bridgehead atoms. The number of rotatable bonds is 10. The lowest BCUT2D eigenvalue weighted by Crippen LogP contribution is -2.44. The van der Waals surface area contributed by atoms with Crippen LogP contribution in [0.15, 0.2) is 12.7 Å². The summed E-state index contributed by atoms with van der Waals surface area (Å²) in [4.78, 5) is 0. The molecule has 0 unspecified atom stereocenters. The quantitative estimate of drug-likeness (QED) is 0.252. The van der Waals surface area contributed by atoms with Crippen LogP contribution in [0.5, 0.6) is 0 Å². The minimum atomic E-state index is -1.64. The molecule has 0 amide bonds. The predicted molar refractivity (Wildman–Crippen MR) is 94.8 cm³/mol. The third-order valence-corrected chi connectivity index (χ3v) is 9.28. The average Bonchev–Trinajstić information content (AvgIpc) is 2.33. The molecule has 0 radical (unpaired) electrons. The third kappa shape index (κ3) is 7.63. The smallest absolute Gasteiger partial charge is 0.192 e. The van der Waals surface area contributed by atoms with Crippen molar-refractivity contribution < 1.29 is 4.43 Å². The highest BCUT2D eigenvalue weighted by atomic mass is 28.4. The van der Waals surface area contributed by atoms with Crippen LogP contribution < -0.4 is 0 Å². The summed E-state index contributed by atoms with van der Waals surface area (Å²) in [5.74, 6) is 0.603. The molecule has 0 N–H and O–H groups in total. The van der Waals surface area contributed by atoms with Crippen molar-refractivity contribution in [1.82, 2.24) is 0 Å². The molecule has 0 aromatic heterocycles. The zero-order valence-corrected chi connectivity index (χ0v) is 16.1. The highest BCUT2D eigenvalue weighted by Gasteiger charge is 2.38. The third-order valence-electron chi connectivity index (χ3n) is 4.74. The van der Waals surface area contributed by atoms with Crippen LogP contribution in [0.4, 0.5) is 0 Å². The summed E-state index contributed by atoms with van der Waals surface area (Å²) < 4.78 is 6.65. The first-order valence-corrected chi connectivity index (χ1v) is 11.3. The molecule has 0 fully saturated rings. The van der Waals surface area contributed by atoms with Crippen LogP contribution in [0.25, 0.3) is 0 Å². The summed E-state index contributed by atoms with van der Waals surface area (Å²) in [6.07, 6.45) is 10.0. The van der Waals surface area contributed by atoms with E-state index in [0.717, 1.165) is 0 Å². The fourth-order valence-electron chi connectivity index (χ4n) is 2.04. The average molecular weight is 299 g/mol. The second-order valence-electron chi connectivity index (χ2n) is 7.79. The van der Waals surface area contributed by atoms with Gasteiger partial charge in [-0.1, -0.05) is 60.0 Å². The fraction of sp³-hybridized carbons (Fsp3) is 0.889. The maximum absolute atomic E-state index is 6.65. The molecule has 2 atom stereocenters.